The molecule has 0 saturated carbocycles. The molecule has 0 aromatic heterocycles. The second kappa shape index (κ2) is 12.9. The van der Waals surface area contributed by atoms with Crippen LogP contribution in [0.2, 0.25) is 0 Å². The van der Waals surface area contributed by atoms with E-state index in [2.05, 4.69) is 15.6 Å². The molecule has 2 rings (SSSR count). The van der Waals surface area contributed by atoms with Crippen molar-refractivity contribution in [3.63, 3.8) is 0 Å². The minimum Gasteiger partial charge on any atom is -0.357 e. The van der Waals surface area contributed by atoms with E-state index in [1.807, 2.05) is 6.92 Å². The standard InChI is InChI=1S/C19H28F3N5O2.HI/c1-2-23-18(25-13-16-4-3-5-17(12-16)27(28)29)24-9-6-15-7-10-26(11-8-15)14-19(20,21)22;/h3-5,12,15H,2,6-11,13-14H2,1H3,(H2,23,24,25);1H. The number of piperidine rings is 1. The van der Waals surface area contributed by atoms with E-state index in [1.165, 1.54) is 17.0 Å². The molecule has 7 nitrogen and oxygen atoms in total. The van der Waals surface area contributed by atoms with Crippen molar-refractivity contribution in [3.8, 4) is 0 Å². The number of non-ortho nitro benzene ring substituents is 1. The van der Waals surface area contributed by atoms with Crippen molar-refractivity contribution in [1.29, 1.82) is 0 Å². The third-order valence-electron chi connectivity index (χ3n) is 4.84. The minimum absolute atomic E-state index is 0. The van der Waals surface area contributed by atoms with E-state index >= 15 is 0 Å². The Morgan fingerprint density at radius 2 is 2.00 bits per heavy atom. The second-order valence-electron chi connectivity index (χ2n) is 7.17. The number of hydrogen-bond donors (Lipinski definition) is 2. The minimum atomic E-state index is -4.13. The summed E-state index contributed by atoms with van der Waals surface area (Å²) in [7, 11) is 0. The number of guanidine groups is 1. The summed E-state index contributed by atoms with van der Waals surface area (Å²) >= 11 is 0. The van der Waals surface area contributed by atoms with Gasteiger partial charge in [0.1, 0.15) is 0 Å². The summed E-state index contributed by atoms with van der Waals surface area (Å²) in [6.45, 7) is 3.73. The van der Waals surface area contributed by atoms with Crippen LogP contribution in [0.3, 0.4) is 0 Å². The molecule has 30 heavy (non-hydrogen) atoms. The van der Waals surface area contributed by atoms with E-state index < -0.39 is 17.6 Å². The Labute approximate surface area is 191 Å². The number of likely N-dealkylation sites (tertiary alicyclic amines) is 1. The predicted octanol–water partition coefficient (Wildman–Crippen LogP) is 3.93. The fraction of sp³-hybridized carbons (Fsp3) is 0.632. The zero-order valence-corrected chi connectivity index (χ0v) is 19.3. The maximum atomic E-state index is 12.5. The van der Waals surface area contributed by atoms with Crippen molar-refractivity contribution >= 4 is 35.6 Å². The molecule has 1 aromatic carbocycles. The van der Waals surface area contributed by atoms with Gasteiger partial charge in [0.15, 0.2) is 5.96 Å². The molecule has 0 aliphatic carbocycles. The highest BCUT2D eigenvalue weighted by Gasteiger charge is 2.32. The van der Waals surface area contributed by atoms with Crippen LogP contribution >= 0.6 is 24.0 Å². The molecule has 0 amide bonds. The molecule has 11 heteroatoms. The normalized spacial score (nSPS) is 16.1. The Bertz CT molecular complexity index is 695. The molecule has 0 spiro atoms. The van der Waals surface area contributed by atoms with Gasteiger partial charge < -0.3 is 10.6 Å². The molecule has 0 radical (unpaired) electrons. The number of nitrogens with one attached hydrogen (secondary N) is 2. The van der Waals surface area contributed by atoms with Crippen LogP contribution in [0.15, 0.2) is 29.3 Å². The third-order valence-corrected chi connectivity index (χ3v) is 4.84. The van der Waals surface area contributed by atoms with Crippen molar-refractivity contribution in [2.45, 2.75) is 38.9 Å². The van der Waals surface area contributed by atoms with E-state index in [4.69, 9.17) is 0 Å². The van der Waals surface area contributed by atoms with E-state index in [-0.39, 0.29) is 29.7 Å². The number of nitro benzene ring substituents is 1. The summed E-state index contributed by atoms with van der Waals surface area (Å²) in [4.78, 5) is 16.4. The Balaban J connectivity index is 0.00000450. The predicted molar refractivity (Wildman–Crippen MR) is 121 cm³/mol. The van der Waals surface area contributed by atoms with Gasteiger partial charge in [0, 0.05) is 25.2 Å². The van der Waals surface area contributed by atoms with Gasteiger partial charge in [0.05, 0.1) is 18.0 Å². The number of aliphatic imine (C=N–C) groups is 1. The van der Waals surface area contributed by atoms with Crippen LogP contribution < -0.4 is 10.6 Å². The SMILES string of the molecule is CCNC(=NCc1cccc([N+](=O)[O-])c1)NCCC1CCN(CC(F)(F)F)CC1.I. The van der Waals surface area contributed by atoms with Gasteiger partial charge in [0.25, 0.3) is 5.69 Å². The van der Waals surface area contributed by atoms with Crippen molar-refractivity contribution < 1.29 is 18.1 Å². The number of alkyl halides is 3. The van der Waals surface area contributed by atoms with Gasteiger partial charge in [0.2, 0.25) is 0 Å². The zero-order valence-electron chi connectivity index (χ0n) is 17.0. The van der Waals surface area contributed by atoms with Crippen LogP contribution in [0.1, 0.15) is 31.7 Å². The summed E-state index contributed by atoms with van der Waals surface area (Å²) in [5, 5.41) is 17.2. The first-order valence-electron chi connectivity index (χ1n) is 9.81. The maximum Gasteiger partial charge on any atom is 0.401 e. The fourth-order valence-corrected chi connectivity index (χ4v) is 3.36. The van der Waals surface area contributed by atoms with Gasteiger partial charge in [-0.25, -0.2) is 4.99 Å². The first-order valence-corrected chi connectivity index (χ1v) is 9.81. The van der Waals surface area contributed by atoms with Crippen LogP contribution in [0, 0.1) is 16.0 Å². The Kier molecular flexibility index (Phi) is 11.4. The average Bonchev–Trinajstić information content (AvgIpc) is 2.66. The number of nitrogens with zero attached hydrogens (tertiary/aromatic N) is 3. The average molecular weight is 543 g/mol. The smallest absolute Gasteiger partial charge is 0.357 e. The third kappa shape index (κ3) is 9.92. The van der Waals surface area contributed by atoms with Gasteiger partial charge in [-0.3, -0.25) is 15.0 Å². The Morgan fingerprint density at radius 1 is 1.30 bits per heavy atom. The van der Waals surface area contributed by atoms with E-state index in [9.17, 15) is 23.3 Å². The van der Waals surface area contributed by atoms with Gasteiger partial charge >= 0.3 is 6.18 Å². The monoisotopic (exact) mass is 543 g/mol. The van der Waals surface area contributed by atoms with E-state index in [1.54, 1.807) is 12.1 Å². The number of halogens is 4. The summed E-state index contributed by atoms with van der Waals surface area (Å²) in [6.07, 6.45) is -1.75. The molecule has 2 N–H and O–H groups in total. The number of hydrogen-bond acceptors (Lipinski definition) is 4. The summed E-state index contributed by atoms with van der Waals surface area (Å²) in [5.74, 6) is 1.01. The lowest BCUT2D eigenvalue weighted by atomic mass is 9.93. The van der Waals surface area contributed by atoms with Crippen molar-refractivity contribution in [2.24, 2.45) is 10.9 Å². The summed E-state index contributed by atoms with van der Waals surface area (Å²) in [5.41, 5.74) is 0.779. The first kappa shape index (κ1) is 26.4. The van der Waals surface area contributed by atoms with Crippen LogP contribution in [-0.4, -0.2) is 54.7 Å². The number of nitro groups is 1. The molecule has 1 fully saturated rings. The number of rotatable bonds is 8. The molecular weight excluding hydrogens is 514 g/mol. The van der Waals surface area contributed by atoms with Crippen molar-refractivity contribution in [3.05, 3.63) is 39.9 Å². The molecule has 1 saturated heterocycles. The molecule has 0 bridgehead atoms. The lowest BCUT2D eigenvalue weighted by Gasteiger charge is -2.32. The highest BCUT2D eigenvalue weighted by molar-refractivity contribution is 14.0. The topological polar surface area (TPSA) is 82.8 Å². The second-order valence-corrected chi connectivity index (χ2v) is 7.17. The largest absolute Gasteiger partial charge is 0.401 e. The van der Waals surface area contributed by atoms with Gasteiger partial charge in [-0.15, -0.1) is 24.0 Å². The van der Waals surface area contributed by atoms with Crippen LogP contribution in [0.5, 0.6) is 0 Å². The van der Waals surface area contributed by atoms with Gasteiger partial charge in [-0.2, -0.15) is 13.2 Å². The van der Waals surface area contributed by atoms with Crippen molar-refractivity contribution in [2.75, 3.05) is 32.7 Å². The van der Waals surface area contributed by atoms with Gasteiger partial charge in [-0.05, 0) is 50.8 Å². The molecular formula is C19H29F3IN5O2. The van der Waals surface area contributed by atoms with Gasteiger partial charge in [-0.1, -0.05) is 12.1 Å². The molecule has 170 valence electrons. The molecule has 1 aliphatic heterocycles. The van der Waals surface area contributed by atoms with Crippen molar-refractivity contribution in [1.82, 2.24) is 15.5 Å². The zero-order chi connectivity index (χ0) is 21.3. The highest BCUT2D eigenvalue weighted by atomic mass is 127. The van der Waals surface area contributed by atoms with Crippen LogP contribution in [0.25, 0.3) is 0 Å². The Hall–Kier alpha value is -1.63. The lowest BCUT2D eigenvalue weighted by Crippen LogP contribution is -2.41. The summed E-state index contributed by atoms with van der Waals surface area (Å²) in [6, 6.07) is 6.36. The van der Waals surface area contributed by atoms with E-state index in [0.29, 0.717) is 44.6 Å². The Morgan fingerprint density at radius 3 is 2.60 bits per heavy atom. The fourth-order valence-electron chi connectivity index (χ4n) is 3.36. The quantitative estimate of drug-likeness (QED) is 0.171. The molecule has 0 atom stereocenters. The first-order chi connectivity index (χ1) is 13.8. The van der Waals surface area contributed by atoms with Crippen LogP contribution in [-0.2, 0) is 6.54 Å². The molecule has 0 unspecified atom stereocenters. The highest BCUT2D eigenvalue weighted by Crippen LogP contribution is 2.24. The molecule has 1 aliphatic rings. The maximum absolute atomic E-state index is 12.5. The molecule has 1 heterocycles. The van der Waals surface area contributed by atoms with E-state index in [0.717, 1.165) is 24.8 Å². The molecule has 1 aromatic rings. The number of benzene rings is 1. The van der Waals surface area contributed by atoms with Crippen LogP contribution in [0.4, 0.5) is 18.9 Å². The summed E-state index contributed by atoms with van der Waals surface area (Å²) < 4.78 is 37.4. The lowest BCUT2D eigenvalue weighted by molar-refractivity contribution is -0.384.